The summed E-state index contributed by atoms with van der Waals surface area (Å²) in [4.78, 5) is 17.6. The largest absolute Gasteiger partial charge is 0.497 e. The minimum Gasteiger partial charge on any atom is -0.497 e. The monoisotopic (exact) mass is 494 g/mol. The standard InChI is InChI=1S/C28H34N2O6/c1-4-35-27-17-22-19(15-26(27)33-3)9-10-30(28(31)29-11-13-34-14-12-29)24(22)7-5-20-18-36-25-8-6-21(32-2)16-23(20)25/h6,8,15-18,24H,4-5,7,9-14H2,1-3H3. The highest BCUT2D eigenvalue weighted by Gasteiger charge is 2.35. The Kier molecular flexibility index (Phi) is 7.23. The summed E-state index contributed by atoms with van der Waals surface area (Å²) in [6, 6.07) is 9.96. The van der Waals surface area contributed by atoms with E-state index in [1.54, 1.807) is 14.2 Å². The molecular formula is C28H34N2O6. The molecule has 1 unspecified atom stereocenters. The number of hydrogen-bond acceptors (Lipinski definition) is 6. The Morgan fingerprint density at radius 3 is 2.64 bits per heavy atom. The van der Waals surface area contributed by atoms with Crippen LogP contribution in [-0.2, 0) is 17.6 Å². The number of rotatable bonds is 7. The van der Waals surface area contributed by atoms with Crippen LogP contribution in [0.5, 0.6) is 17.2 Å². The van der Waals surface area contributed by atoms with Crippen LogP contribution < -0.4 is 14.2 Å². The smallest absolute Gasteiger partial charge is 0.320 e. The molecule has 2 aliphatic rings. The van der Waals surface area contributed by atoms with E-state index >= 15 is 0 Å². The molecule has 1 fully saturated rings. The lowest BCUT2D eigenvalue weighted by molar-refractivity contribution is 0.0376. The van der Waals surface area contributed by atoms with Gasteiger partial charge in [0.05, 0.1) is 46.3 Å². The van der Waals surface area contributed by atoms with Gasteiger partial charge in [-0.05, 0) is 73.2 Å². The molecule has 0 radical (unpaired) electrons. The first-order chi connectivity index (χ1) is 17.6. The second-order valence-corrected chi connectivity index (χ2v) is 9.14. The first-order valence-corrected chi connectivity index (χ1v) is 12.6. The SMILES string of the molecule is CCOc1cc2c(cc1OC)CCN(C(=O)N1CCOCC1)C2CCc1coc2ccc(OC)cc12. The Morgan fingerprint density at radius 2 is 1.89 bits per heavy atom. The maximum atomic E-state index is 13.7. The minimum absolute atomic E-state index is 0.0708. The predicted molar refractivity (Wildman–Crippen MR) is 136 cm³/mol. The lowest BCUT2D eigenvalue weighted by Gasteiger charge is -2.41. The molecular weight excluding hydrogens is 460 g/mol. The maximum absolute atomic E-state index is 13.7. The number of nitrogens with zero attached hydrogens (tertiary/aromatic N) is 2. The van der Waals surface area contributed by atoms with E-state index in [1.807, 2.05) is 41.2 Å². The number of methoxy groups -OCH3 is 2. The van der Waals surface area contributed by atoms with Crippen molar-refractivity contribution < 1.29 is 28.2 Å². The maximum Gasteiger partial charge on any atom is 0.320 e. The number of carbonyl (C=O) groups excluding carboxylic acids is 1. The van der Waals surface area contributed by atoms with E-state index in [1.165, 1.54) is 5.56 Å². The van der Waals surface area contributed by atoms with Crippen molar-refractivity contribution in [1.29, 1.82) is 0 Å². The number of ether oxygens (including phenoxy) is 4. The van der Waals surface area contributed by atoms with Gasteiger partial charge < -0.3 is 33.2 Å². The molecule has 3 heterocycles. The molecule has 8 heteroatoms. The number of furan rings is 1. The molecule has 0 bridgehead atoms. The summed E-state index contributed by atoms with van der Waals surface area (Å²) in [5, 5.41) is 1.04. The van der Waals surface area contributed by atoms with Crippen molar-refractivity contribution in [3.63, 3.8) is 0 Å². The highest BCUT2D eigenvalue weighted by atomic mass is 16.5. The predicted octanol–water partition coefficient (Wildman–Crippen LogP) is 4.83. The second kappa shape index (κ2) is 10.7. The van der Waals surface area contributed by atoms with Crippen molar-refractivity contribution in [3.8, 4) is 17.2 Å². The van der Waals surface area contributed by atoms with E-state index in [0.29, 0.717) is 45.2 Å². The molecule has 2 aliphatic heterocycles. The Bertz CT molecular complexity index is 1220. The van der Waals surface area contributed by atoms with Crippen LogP contribution in [0.1, 0.15) is 36.1 Å². The molecule has 2 aromatic carbocycles. The first-order valence-electron chi connectivity index (χ1n) is 12.6. The van der Waals surface area contributed by atoms with Gasteiger partial charge in [-0.25, -0.2) is 4.79 Å². The number of carbonyl (C=O) groups is 1. The summed E-state index contributed by atoms with van der Waals surface area (Å²) < 4.78 is 28.2. The normalized spacial score (nSPS) is 17.7. The van der Waals surface area contributed by atoms with Crippen LogP contribution >= 0.6 is 0 Å². The Balaban J connectivity index is 1.48. The molecule has 0 saturated carbocycles. The molecule has 5 rings (SSSR count). The fourth-order valence-electron chi connectivity index (χ4n) is 5.29. The van der Waals surface area contributed by atoms with Gasteiger partial charge in [0, 0.05) is 25.0 Å². The molecule has 0 spiro atoms. The Labute approximate surface area is 211 Å². The summed E-state index contributed by atoms with van der Waals surface area (Å²) in [6.45, 7) is 5.55. The van der Waals surface area contributed by atoms with Crippen LogP contribution in [0, 0.1) is 0 Å². The van der Waals surface area contributed by atoms with Gasteiger partial charge in [-0.1, -0.05) is 0 Å². The van der Waals surface area contributed by atoms with Gasteiger partial charge in [0.2, 0.25) is 0 Å². The number of aryl methyl sites for hydroxylation is 1. The van der Waals surface area contributed by atoms with Crippen LogP contribution in [0.3, 0.4) is 0 Å². The molecule has 3 aromatic rings. The lowest BCUT2D eigenvalue weighted by Crippen LogP contribution is -2.51. The van der Waals surface area contributed by atoms with Gasteiger partial charge in [-0.3, -0.25) is 0 Å². The third kappa shape index (κ3) is 4.69. The highest BCUT2D eigenvalue weighted by Crippen LogP contribution is 2.41. The van der Waals surface area contributed by atoms with Gasteiger partial charge in [0.15, 0.2) is 11.5 Å². The fourth-order valence-corrected chi connectivity index (χ4v) is 5.29. The van der Waals surface area contributed by atoms with Gasteiger partial charge in [0.1, 0.15) is 11.3 Å². The summed E-state index contributed by atoms with van der Waals surface area (Å²) in [5.74, 6) is 2.24. The van der Waals surface area contributed by atoms with Gasteiger partial charge in [-0.2, -0.15) is 0 Å². The summed E-state index contributed by atoms with van der Waals surface area (Å²) in [7, 11) is 3.33. The molecule has 36 heavy (non-hydrogen) atoms. The molecule has 1 aromatic heterocycles. The zero-order valence-corrected chi connectivity index (χ0v) is 21.2. The number of amides is 2. The van der Waals surface area contributed by atoms with E-state index in [4.69, 9.17) is 23.4 Å². The van der Waals surface area contributed by atoms with Gasteiger partial charge in [0.25, 0.3) is 0 Å². The Hall–Kier alpha value is -3.39. The van der Waals surface area contributed by atoms with E-state index in [0.717, 1.165) is 52.9 Å². The van der Waals surface area contributed by atoms with E-state index in [2.05, 4.69) is 12.1 Å². The van der Waals surface area contributed by atoms with E-state index < -0.39 is 0 Å². The molecule has 1 saturated heterocycles. The average molecular weight is 495 g/mol. The minimum atomic E-state index is -0.0928. The van der Waals surface area contributed by atoms with Gasteiger partial charge >= 0.3 is 6.03 Å². The van der Waals surface area contributed by atoms with Gasteiger partial charge in [-0.15, -0.1) is 0 Å². The number of benzene rings is 2. The molecule has 1 atom stereocenters. The summed E-state index contributed by atoms with van der Waals surface area (Å²) >= 11 is 0. The zero-order chi connectivity index (χ0) is 25.1. The first kappa shape index (κ1) is 24.3. The molecule has 2 amide bonds. The average Bonchev–Trinajstić information content (AvgIpc) is 3.33. The number of urea groups is 1. The summed E-state index contributed by atoms with van der Waals surface area (Å²) in [5.41, 5.74) is 4.26. The molecule has 0 N–H and O–H groups in total. The topological polar surface area (TPSA) is 73.6 Å². The van der Waals surface area contributed by atoms with Crippen molar-refractivity contribution >= 4 is 17.0 Å². The van der Waals surface area contributed by atoms with Crippen molar-refractivity contribution in [2.45, 2.75) is 32.2 Å². The van der Waals surface area contributed by atoms with Crippen LogP contribution in [0.2, 0.25) is 0 Å². The fraction of sp³-hybridized carbons (Fsp3) is 0.464. The third-order valence-corrected chi connectivity index (χ3v) is 7.16. The second-order valence-electron chi connectivity index (χ2n) is 9.14. The Morgan fingerprint density at radius 1 is 1.06 bits per heavy atom. The van der Waals surface area contributed by atoms with Crippen LogP contribution in [0.15, 0.2) is 41.0 Å². The number of morpholine rings is 1. The van der Waals surface area contributed by atoms with Crippen LogP contribution in [0.4, 0.5) is 4.79 Å². The van der Waals surface area contributed by atoms with E-state index in [9.17, 15) is 4.79 Å². The van der Waals surface area contributed by atoms with Crippen molar-refractivity contribution in [3.05, 3.63) is 53.3 Å². The van der Waals surface area contributed by atoms with Crippen molar-refractivity contribution in [2.75, 3.05) is 53.7 Å². The quantitative estimate of drug-likeness (QED) is 0.468. The molecule has 192 valence electrons. The van der Waals surface area contributed by atoms with E-state index in [-0.39, 0.29) is 12.1 Å². The molecule has 0 aliphatic carbocycles. The zero-order valence-electron chi connectivity index (χ0n) is 21.2. The summed E-state index contributed by atoms with van der Waals surface area (Å²) in [6.07, 6.45) is 4.11. The third-order valence-electron chi connectivity index (χ3n) is 7.16. The lowest BCUT2D eigenvalue weighted by atomic mass is 9.88. The molecule has 8 nitrogen and oxygen atoms in total. The van der Waals surface area contributed by atoms with Crippen molar-refractivity contribution in [2.24, 2.45) is 0 Å². The van der Waals surface area contributed by atoms with Crippen molar-refractivity contribution in [1.82, 2.24) is 9.80 Å². The highest BCUT2D eigenvalue weighted by molar-refractivity contribution is 5.82. The number of hydrogen-bond donors (Lipinski definition) is 0. The van der Waals surface area contributed by atoms with Crippen LogP contribution in [-0.4, -0.2) is 69.5 Å². The van der Waals surface area contributed by atoms with Crippen LogP contribution in [0.25, 0.3) is 11.0 Å². The number of fused-ring (bicyclic) bond motifs is 2.